The summed E-state index contributed by atoms with van der Waals surface area (Å²) < 4.78 is 5.09. The zero-order valence-electron chi connectivity index (χ0n) is 6.65. The van der Waals surface area contributed by atoms with E-state index in [1.807, 2.05) is 6.92 Å². The summed E-state index contributed by atoms with van der Waals surface area (Å²) in [5.41, 5.74) is 0.000880. The highest BCUT2D eigenvalue weighted by molar-refractivity contribution is 5.85. The number of nitrogens with zero attached hydrogens (tertiary/aromatic N) is 1. The molecule has 0 amide bonds. The number of rotatable bonds is 3. The Morgan fingerprint density at radius 1 is 1.75 bits per heavy atom. The van der Waals surface area contributed by atoms with Crippen molar-refractivity contribution in [3.05, 3.63) is 24.0 Å². The van der Waals surface area contributed by atoms with Crippen LogP contribution in [0.3, 0.4) is 0 Å². The second-order valence-electron chi connectivity index (χ2n) is 2.11. The van der Waals surface area contributed by atoms with Crippen LogP contribution >= 0.6 is 0 Å². The van der Waals surface area contributed by atoms with Gasteiger partial charge < -0.3 is 9.84 Å². The molecule has 0 aliphatic rings. The molecule has 0 radical (unpaired) electrons. The van der Waals surface area contributed by atoms with Gasteiger partial charge in [-0.05, 0) is 13.0 Å². The van der Waals surface area contributed by atoms with Crippen LogP contribution in [0.2, 0.25) is 0 Å². The number of carboxylic acids is 1. The fourth-order valence-electron chi connectivity index (χ4n) is 0.785. The van der Waals surface area contributed by atoms with E-state index in [1.165, 1.54) is 12.3 Å². The SMILES string of the molecule is CCOc1ccnc(C(=O)O)c1. The first kappa shape index (κ1) is 8.52. The lowest BCUT2D eigenvalue weighted by Crippen LogP contribution is -2.00. The lowest BCUT2D eigenvalue weighted by molar-refractivity contribution is 0.0690. The Balaban J connectivity index is 2.88. The van der Waals surface area contributed by atoms with Crippen molar-refractivity contribution in [1.82, 2.24) is 4.98 Å². The second kappa shape index (κ2) is 3.71. The summed E-state index contributed by atoms with van der Waals surface area (Å²) in [7, 11) is 0. The minimum absolute atomic E-state index is 0.000880. The molecule has 0 fully saturated rings. The zero-order valence-corrected chi connectivity index (χ0v) is 6.65. The Morgan fingerprint density at radius 3 is 3.08 bits per heavy atom. The lowest BCUT2D eigenvalue weighted by Gasteiger charge is -2.01. The Bertz CT molecular complexity index is 285. The average molecular weight is 167 g/mol. The van der Waals surface area contributed by atoms with Gasteiger partial charge in [-0.2, -0.15) is 0 Å². The van der Waals surface area contributed by atoms with Gasteiger partial charge in [-0.15, -0.1) is 0 Å². The summed E-state index contributed by atoms with van der Waals surface area (Å²) in [4.78, 5) is 14.1. The van der Waals surface area contributed by atoms with Crippen molar-refractivity contribution in [3.63, 3.8) is 0 Å². The molecule has 1 N–H and O–H groups in total. The number of pyridine rings is 1. The molecule has 4 heteroatoms. The van der Waals surface area contributed by atoms with Crippen molar-refractivity contribution in [1.29, 1.82) is 0 Å². The van der Waals surface area contributed by atoms with Crippen molar-refractivity contribution in [2.75, 3.05) is 6.61 Å². The Kier molecular flexibility index (Phi) is 2.63. The van der Waals surface area contributed by atoms with Crippen LogP contribution in [0.4, 0.5) is 0 Å². The van der Waals surface area contributed by atoms with Gasteiger partial charge in [0.1, 0.15) is 5.75 Å². The monoisotopic (exact) mass is 167 g/mol. The van der Waals surface area contributed by atoms with Crippen LogP contribution in [0.1, 0.15) is 17.4 Å². The number of hydrogen-bond acceptors (Lipinski definition) is 3. The number of carbonyl (C=O) groups is 1. The zero-order chi connectivity index (χ0) is 8.97. The van der Waals surface area contributed by atoms with E-state index < -0.39 is 5.97 Å². The second-order valence-corrected chi connectivity index (χ2v) is 2.11. The highest BCUT2D eigenvalue weighted by Gasteiger charge is 2.04. The molecule has 1 aromatic heterocycles. The van der Waals surface area contributed by atoms with Gasteiger partial charge >= 0.3 is 5.97 Å². The molecule has 1 aromatic rings. The minimum atomic E-state index is -1.04. The summed E-state index contributed by atoms with van der Waals surface area (Å²) in [6.07, 6.45) is 1.41. The van der Waals surface area contributed by atoms with Crippen LogP contribution in [-0.4, -0.2) is 22.7 Å². The Labute approximate surface area is 69.8 Å². The molecule has 0 bridgehead atoms. The molecule has 0 spiro atoms. The first-order valence-corrected chi connectivity index (χ1v) is 3.56. The van der Waals surface area contributed by atoms with Crippen LogP contribution in [0.15, 0.2) is 18.3 Å². The molecule has 4 nitrogen and oxygen atoms in total. The van der Waals surface area contributed by atoms with Crippen molar-refractivity contribution >= 4 is 5.97 Å². The van der Waals surface area contributed by atoms with Gasteiger partial charge in [0.25, 0.3) is 0 Å². The maximum atomic E-state index is 10.4. The molecule has 1 heterocycles. The lowest BCUT2D eigenvalue weighted by atomic mass is 10.3. The van der Waals surface area contributed by atoms with Crippen LogP contribution in [0.25, 0.3) is 0 Å². The summed E-state index contributed by atoms with van der Waals surface area (Å²) in [6, 6.07) is 3.02. The quantitative estimate of drug-likeness (QED) is 0.734. The van der Waals surface area contributed by atoms with Crippen LogP contribution < -0.4 is 4.74 Å². The van der Waals surface area contributed by atoms with Crippen molar-refractivity contribution in [2.24, 2.45) is 0 Å². The molecular formula is C8H9NO3. The van der Waals surface area contributed by atoms with Crippen molar-refractivity contribution < 1.29 is 14.6 Å². The van der Waals surface area contributed by atoms with E-state index >= 15 is 0 Å². The van der Waals surface area contributed by atoms with Gasteiger partial charge in [0.2, 0.25) is 0 Å². The van der Waals surface area contributed by atoms with Crippen molar-refractivity contribution in [3.8, 4) is 5.75 Å². The maximum absolute atomic E-state index is 10.4. The molecule has 1 rings (SSSR count). The van der Waals surface area contributed by atoms with E-state index in [4.69, 9.17) is 9.84 Å². The minimum Gasteiger partial charge on any atom is -0.494 e. The van der Waals surface area contributed by atoms with Crippen LogP contribution in [-0.2, 0) is 0 Å². The standard InChI is InChI=1S/C8H9NO3/c1-2-12-6-3-4-9-7(5-6)8(10)11/h3-5H,2H2,1H3,(H,10,11). The number of carboxylic acid groups (broad SMARTS) is 1. The van der Waals surface area contributed by atoms with E-state index in [0.29, 0.717) is 12.4 Å². The molecule has 0 aliphatic heterocycles. The van der Waals surface area contributed by atoms with E-state index in [0.717, 1.165) is 0 Å². The topological polar surface area (TPSA) is 59.4 Å². The van der Waals surface area contributed by atoms with Gasteiger partial charge in [0.15, 0.2) is 5.69 Å². The predicted octanol–water partition coefficient (Wildman–Crippen LogP) is 1.18. The maximum Gasteiger partial charge on any atom is 0.354 e. The predicted molar refractivity (Wildman–Crippen MR) is 42.4 cm³/mol. The third-order valence-corrected chi connectivity index (χ3v) is 1.26. The fraction of sp³-hybridized carbons (Fsp3) is 0.250. The van der Waals surface area contributed by atoms with Gasteiger partial charge in [-0.3, -0.25) is 0 Å². The highest BCUT2D eigenvalue weighted by atomic mass is 16.5. The number of aromatic nitrogens is 1. The molecule has 0 unspecified atom stereocenters. The summed E-state index contributed by atoms with van der Waals surface area (Å²) in [5, 5.41) is 8.56. The molecular weight excluding hydrogens is 158 g/mol. The molecule has 0 saturated heterocycles. The van der Waals surface area contributed by atoms with Gasteiger partial charge in [-0.1, -0.05) is 0 Å². The van der Waals surface area contributed by atoms with E-state index in [9.17, 15) is 4.79 Å². The van der Waals surface area contributed by atoms with Crippen LogP contribution in [0.5, 0.6) is 5.75 Å². The van der Waals surface area contributed by atoms with Crippen LogP contribution in [0, 0.1) is 0 Å². The fourth-order valence-corrected chi connectivity index (χ4v) is 0.785. The largest absolute Gasteiger partial charge is 0.494 e. The van der Waals surface area contributed by atoms with E-state index in [-0.39, 0.29) is 5.69 Å². The Hall–Kier alpha value is -1.58. The summed E-state index contributed by atoms with van der Waals surface area (Å²) in [6.45, 7) is 2.35. The molecule has 0 saturated carbocycles. The number of ether oxygens (including phenoxy) is 1. The average Bonchev–Trinajstić information content (AvgIpc) is 2.05. The third-order valence-electron chi connectivity index (χ3n) is 1.26. The molecule has 0 atom stereocenters. The molecule has 12 heavy (non-hydrogen) atoms. The highest BCUT2D eigenvalue weighted by Crippen LogP contribution is 2.10. The van der Waals surface area contributed by atoms with Gasteiger partial charge in [0.05, 0.1) is 6.61 Å². The molecule has 0 aromatic carbocycles. The van der Waals surface area contributed by atoms with Gasteiger partial charge in [0, 0.05) is 12.3 Å². The number of aromatic carboxylic acids is 1. The third kappa shape index (κ3) is 1.95. The van der Waals surface area contributed by atoms with E-state index in [2.05, 4.69) is 4.98 Å². The normalized spacial score (nSPS) is 9.42. The summed E-state index contributed by atoms with van der Waals surface area (Å²) in [5.74, 6) is -0.513. The molecule has 0 aliphatic carbocycles. The van der Waals surface area contributed by atoms with E-state index in [1.54, 1.807) is 6.07 Å². The molecule has 64 valence electrons. The first-order chi connectivity index (χ1) is 5.74. The smallest absolute Gasteiger partial charge is 0.354 e. The summed E-state index contributed by atoms with van der Waals surface area (Å²) >= 11 is 0. The Morgan fingerprint density at radius 2 is 2.50 bits per heavy atom. The number of hydrogen-bond donors (Lipinski definition) is 1. The van der Waals surface area contributed by atoms with Crippen molar-refractivity contribution in [2.45, 2.75) is 6.92 Å². The first-order valence-electron chi connectivity index (χ1n) is 3.56. The van der Waals surface area contributed by atoms with Gasteiger partial charge in [-0.25, -0.2) is 9.78 Å².